The number of hydrogen-bond donors (Lipinski definition) is 3. The van der Waals surface area contributed by atoms with Crippen LogP contribution in [0.2, 0.25) is 0 Å². The molecule has 1 saturated carbocycles. The molecule has 2 aromatic carbocycles. The number of anilines is 1. The Balaban J connectivity index is 1.63. The summed E-state index contributed by atoms with van der Waals surface area (Å²) in [7, 11) is 1.96. The first-order valence-electron chi connectivity index (χ1n) is 12.7. The Bertz CT molecular complexity index is 945. The molecule has 33 heavy (non-hydrogen) atoms. The smallest absolute Gasteiger partial charge is 0.0846 e. The minimum atomic E-state index is 0.667. The summed E-state index contributed by atoms with van der Waals surface area (Å²) in [5.41, 5.74) is 16.3. The van der Waals surface area contributed by atoms with Crippen molar-refractivity contribution >= 4 is 17.1 Å². The van der Waals surface area contributed by atoms with Crippen LogP contribution in [0.4, 0.5) is 5.69 Å². The van der Waals surface area contributed by atoms with Crippen molar-refractivity contribution in [1.29, 1.82) is 0 Å². The lowest BCUT2D eigenvalue weighted by atomic mass is 9.81. The Kier molecular flexibility index (Phi) is 7.94. The summed E-state index contributed by atoms with van der Waals surface area (Å²) in [6.07, 6.45) is 10.8. The van der Waals surface area contributed by atoms with Crippen molar-refractivity contribution in [2.24, 2.45) is 23.4 Å². The van der Waals surface area contributed by atoms with Crippen LogP contribution >= 0.6 is 0 Å². The summed E-state index contributed by atoms with van der Waals surface area (Å²) in [4.78, 5) is 0. The van der Waals surface area contributed by atoms with Gasteiger partial charge < -0.3 is 15.8 Å². The molecule has 5 heteroatoms. The van der Waals surface area contributed by atoms with Gasteiger partial charge in [0, 0.05) is 24.7 Å². The first-order valence-corrected chi connectivity index (χ1v) is 12.7. The molecule has 0 amide bonds. The maximum absolute atomic E-state index is 6.87. The number of fused-ring (bicyclic) bond motifs is 2. The number of hydrogen-bond acceptors (Lipinski definition) is 5. The Labute approximate surface area is 199 Å². The van der Waals surface area contributed by atoms with Gasteiger partial charge in [-0.2, -0.15) is 0 Å². The normalized spacial score (nSPS) is 20.6. The van der Waals surface area contributed by atoms with Crippen LogP contribution in [0.1, 0.15) is 75.0 Å². The molecular weight excluding hydrogens is 406 g/mol. The summed E-state index contributed by atoms with van der Waals surface area (Å²) in [5.74, 6) is 8.29. The molecule has 4 rings (SSSR count). The first kappa shape index (κ1) is 23.7. The Morgan fingerprint density at radius 1 is 0.970 bits per heavy atom. The van der Waals surface area contributed by atoms with E-state index in [9.17, 15) is 0 Å². The number of para-hydroxylation sites is 1. The fourth-order valence-electron chi connectivity index (χ4n) is 5.61. The highest BCUT2D eigenvalue weighted by Gasteiger charge is 2.25. The molecule has 178 valence electrons. The van der Waals surface area contributed by atoms with E-state index in [1.807, 2.05) is 12.1 Å². The molecule has 1 atom stereocenters. The van der Waals surface area contributed by atoms with Gasteiger partial charge in [-0.3, -0.25) is 0 Å². The predicted octanol–water partition coefficient (Wildman–Crippen LogP) is 5.49. The quantitative estimate of drug-likeness (QED) is 0.404. The zero-order valence-electron chi connectivity index (χ0n) is 20.4. The number of benzene rings is 2. The Morgan fingerprint density at radius 3 is 2.33 bits per heavy atom. The lowest BCUT2D eigenvalue weighted by molar-refractivity contribution is 0.247. The zero-order chi connectivity index (χ0) is 23.2. The highest BCUT2D eigenvalue weighted by molar-refractivity contribution is 5.93. The van der Waals surface area contributed by atoms with Gasteiger partial charge >= 0.3 is 0 Å². The van der Waals surface area contributed by atoms with Gasteiger partial charge in [0.2, 0.25) is 0 Å². The van der Waals surface area contributed by atoms with Crippen molar-refractivity contribution in [3.63, 3.8) is 0 Å². The minimum Gasteiger partial charge on any atom is -0.396 e. The average molecular weight is 448 g/mol. The fourth-order valence-corrected chi connectivity index (χ4v) is 5.61. The zero-order valence-corrected chi connectivity index (χ0v) is 20.4. The molecule has 2 aromatic rings. The van der Waals surface area contributed by atoms with Crippen LogP contribution in [0.5, 0.6) is 0 Å². The number of rotatable bonds is 6. The molecule has 0 aromatic heterocycles. The molecular formula is C28H41N5. The third-order valence-electron chi connectivity index (χ3n) is 7.68. The number of nitrogens with zero attached hydrogens (tertiary/aromatic N) is 2. The summed E-state index contributed by atoms with van der Waals surface area (Å²) in [6.45, 7) is 3.95. The number of nitrogens with two attached hydrogens (primary N) is 2. The molecule has 5 nitrogen and oxygen atoms in total. The topological polar surface area (TPSA) is 70.5 Å². The third-order valence-corrected chi connectivity index (χ3v) is 7.68. The van der Waals surface area contributed by atoms with E-state index in [0.29, 0.717) is 5.92 Å². The van der Waals surface area contributed by atoms with Crippen molar-refractivity contribution < 1.29 is 0 Å². The minimum absolute atomic E-state index is 0.667. The van der Waals surface area contributed by atoms with E-state index < -0.39 is 0 Å². The second-order valence-corrected chi connectivity index (χ2v) is 9.81. The first-order chi connectivity index (χ1) is 16.1. The largest absolute Gasteiger partial charge is 0.396 e. The van der Waals surface area contributed by atoms with Gasteiger partial charge in [-0.15, -0.1) is 0 Å². The van der Waals surface area contributed by atoms with E-state index in [2.05, 4.69) is 65.9 Å². The van der Waals surface area contributed by atoms with Gasteiger partial charge in [-0.25, -0.2) is 11.3 Å². The summed E-state index contributed by atoms with van der Waals surface area (Å²) < 4.78 is 0. The summed E-state index contributed by atoms with van der Waals surface area (Å²) in [5, 5.41) is 4.08. The van der Waals surface area contributed by atoms with Crippen LogP contribution in [-0.4, -0.2) is 18.6 Å². The molecule has 0 radical (unpaired) electrons. The van der Waals surface area contributed by atoms with E-state index in [0.717, 1.165) is 53.6 Å². The maximum Gasteiger partial charge on any atom is 0.0846 e. The van der Waals surface area contributed by atoms with Gasteiger partial charge in [0.1, 0.15) is 0 Å². The Morgan fingerprint density at radius 2 is 1.61 bits per heavy atom. The maximum atomic E-state index is 6.87. The van der Waals surface area contributed by atoms with Gasteiger partial charge in [-0.05, 0) is 29.9 Å². The van der Waals surface area contributed by atoms with Crippen LogP contribution in [0, 0.1) is 11.8 Å². The average Bonchev–Trinajstić information content (AvgIpc) is 2.81. The van der Waals surface area contributed by atoms with E-state index in [-0.39, 0.29) is 0 Å². The molecule has 0 bridgehead atoms. The number of hydrazine groups is 2. The van der Waals surface area contributed by atoms with E-state index in [4.69, 9.17) is 11.6 Å². The van der Waals surface area contributed by atoms with Gasteiger partial charge in [0.15, 0.2) is 0 Å². The second kappa shape index (κ2) is 11.1. The molecule has 1 aliphatic heterocycles. The molecule has 1 unspecified atom stereocenters. The summed E-state index contributed by atoms with van der Waals surface area (Å²) in [6, 6.07) is 16.8. The Hall–Kier alpha value is -2.50. The van der Waals surface area contributed by atoms with Crippen molar-refractivity contribution in [3.8, 4) is 0 Å². The molecule has 1 fully saturated rings. The molecule has 1 heterocycles. The SMILES string of the molecule is CNN1Cc2ccccc2/C(N)=C(/N(N)CCC(C)C2CCCCCCC2)c2ccccc21. The molecule has 2 aliphatic rings. The van der Waals surface area contributed by atoms with Crippen molar-refractivity contribution in [2.75, 3.05) is 18.6 Å². The van der Waals surface area contributed by atoms with Crippen LogP contribution in [0.25, 0.3) is 11.4 Å². The third kappa shape index (κ3) is 5.36. The predicted molar refractivity (Wildman–Crippen MR) is 140 cm³/mol. The van der Waals surface area contributed by atoms with Crippen LogP contribution in [-0.2, 0) is 6.54 Å². The standard InChI is InChI=1S/C28H41N5/c1-21(22-12-6-4-3-5-7-13-22)18-19-32(30)28-25-16-10-11-17-26(25)33(31-2)20-23-14-8-9-15-24(23)27(28)29/h8-11,14-17,21-22,31H,3-7,12-13,18-20,29-30H2,1-2H3/b28-27-. The molecule has 1 aliphatic carbocycles. The van der Waals surface area contributed by atoms with Gasteiger partial charge in [-0.1, -0.05) is 94.3 Å². The molecule has 0 spiro atoms. The van der Waals surface area contributed by atoms with Crippen molar-refractivity contribution in [3.05, 3.63) is 65.2 Å². The van der Waals surface area contributed by atoms with E-state index in [1.54, 1.807) is 0 Å². The summed E-state index contributed by atoms with van der Waals surface area (Å²) >= 11 is 0. The van der Waals surface area contributed by atoms with Gasteiger partial charge in [0.25, 0.3) is 0 Å². The van der Waals surface area contributed by atoms with Crippen molar-refractivity contribution in [1.82, 2.24) is 10.4 Å². The van der Waals surface area contributed by atoms with Crippen LogP contribution in [0.3, 0.4) is 0 Å². The van der Waals surface area contributed by atoms with Crippen molar-refractivity contribution in [2.45, 2.75) is 64.8 Å². The second-order valence-electron chi connectivity index (χ2n) is 9.81. The molecule has 5 N–H and O–H groups in total. The van der Waals surface area contributed by atoms with Gasteiger partial charge in [0.05, 0.1) is 23.6 Å². The highest BCUT2D eigenvalue weighted by atomic mass is 15.5. The number of nitrogens with one attached hydrogen (secondary N) is 1. The van der Waals surface area contributed by atoms with E-state index in [1.165, 1.54) is 50.5 Å². The fraction of sp³-hybridized carbons (Fsp3) is 0.500. The highest BCUT2D eigenvalue weighted by Crippen LogP contribution is 2.37. The molecule has 0 saturated heterocycles. The monoisotopic (exact) mass is 447 g/mol. The van der Waals surface area contributed by atoms with E-state index >= 15 is 0 Å². The lowest BCUT2D eigenvalue weighted by Gasteiger charge is -2.34. The van der Waals surface area contributed by atoms with Crippen LogP contribution in [0.15, 0.2) is 48.5 Å². The lowest BCUT2D eigenvalue weighted by Crippen LogP contribution is -2.39. The van der Waals surface area contributed by atoms with Crippen LogP contribution < -0.4 is 22.0 Å².